The molecule has 0 spiro atoms. The van der Waals surface area contributed by atoms with E-state index in [4.69, 9.17) is 11.6 Å². The number of hydrogen-bond acceptors (Lipinski definition) is 6. The van der Waals surface area contributed by atoms with Crippen LogP contribution in [0.15, 0.2) is 87.8 Å². The number of aromatic nitrogens is 2. The number of phenols is 1. The standard InChI is InChI=1S/C24H19ClN4O3S/c1-15(18-6-3-5-9-21(18)30)27-28-22(31)14-33-24-26-20-8-4-2-7-19(20)23(32)29(24)17-12-10-16(25)11-13-17/h2-13,30H,14H2,1H3,(H,28,31)/b27-15-. The van der Waals surface area contributed by atoms with Crippen LogP contribution in [-0.2, 0) is 4.79 Å². The maximum Gasteiger partial charge on any atom is 0.266 e. The van der Waals surface area contributed by atoms with Gasteiger partial charge in [0.15, 0.2) is 5.16 Å². The predicted octanol–water partition coefficient (Wildman–Crippen LogP) is 4.38. The Balaban J connectivity index is 1.59. The molecule has 0 aliphatic heterocycles. The number of benzene rings is 3. The van der Waals surface area contributed by atoms with Crippen LogP contribution >= 0.6 is 23.4 Å². The lowest BCUT2D eigenvalue weighted by Gasteiger charge is -2.13. The molecule has 1 heterocycles. The molecule has 0 bridgehead atoms. The maximum absolute atomic E-state index is 13.2. The van der Waals surface area contributed by atoms with E-state index in [1.807, 2.05) is 0 Å². The first-order valence-corrected chi connectivity index (χ1v) is 11.3. The summed E-state index contributed by atoms with van der Waals surface area (Å²) < 4.78 is 1.47. The van der Waals surface area contributed by atoms with Gasteiger partial charge in [-0.1, -0.05) is 47.6 Å². The molecular weight excluding hydrogens is 460 g/mol. The number of halogens is 1. The number of fused-ring (bicyclic) bond motifs is 1. The van der Waals surface area contributed by atoms with E-state index in [-0.39, 0.29) is 23.0 Å². The van der Waals surface area contributed by atoms with Crippen LogP contribution in [0.2, 0.25) is 5.02 Å². The second-order valence-corrected chi connectivity index (χ2v) is 8.45. The van der Waals surface area contributed by atoms with Gasteiger partial charge in [0.05, 0.1) is 28.1 Å². The molecule has 1 aromatic heterocycles. The molecule has 2 N–H and O–H groups in total. The van der Waals surface area contributed by atoms with Gasteiger partial charge in [-0.15, -0.1) is 0 Å². The number of aromatic hydroxyl groups is 1. The number of carbonyl (C=O) groups excluding carboxylic acids is 1. The van der Waals surface area contributed by atoms with Crippen LogP contribution in [-0.4, -0.2) is 32.0 Å². The molecule has 0 aliphatic carbocycles. The van der Waals surface area contributed by atoms with E-state index in [1.165, 1.54) is 4.57 Å². The third kappa shape index (κ3) is 5.08. The van der Waals surface area contributed by atoms with Crippen LogP contribution in [0.5, 0.6) is 5.75 Å². The molecule has 3 aromatic carbocycles. The minimum Gasteiger partial charge on any atom is -0.507 e. The summed E-state index contributed by atoms with van der Waals surface area (Å²) in [6.45, 7) is 1.69. The summed E-state index contributed by atoms with van der Waals surface area (Å²) in [6, 6.07) is 20.6. The number of hydrogen-bond donors (Lipinski definition) is 2. The number of rotatable bonds is 6. The summed E-state index contributed by atoms with van der Waals surface area (Å²) in [4.78, 5) is 30.3. The van der Waals surface area contributed by atoms with Gasteiger partial charge in [0.25, 0.3) is 11.5 Å². The Morgan fingerprint density at radius 3 is 2.55 bits per heavy atom. The number of amides is 1. The van der Waals surface area contributed by atoms with E-state index in [0.29, 0.717) is 38.0 Å². The average molecular weight is 479 g/mol. The van der Waals surface area contributed by atoms with E-state index < -0.39 is 0 Å². The van der Waals surface area contributed by atoms with Gasteiger partial charge in [-0.05, 0) is 55.5 Å². The molecule has 4 rings (SSSR count). The quantitative estimate of drug-likeness (QED) is 0.185. The lowest BCUT2D eigenvalue weighted by molar-refractivity contribution is -0.118. The molecule has 7 nitrogen and oxygen atoms in total. The van der Waals surface area contributed by atoms with Crippen LogP contribution < -0.4 is 11.0 Å². The number of para-hydroxylation sites is 2. The molecule has 0 saturated carbocycles. The summed E-state index contributed by atoms with van der Waals surface area (Å²) in [6.07, 6.45) is 0. The average Bonchev–Trinajstić information content (AvgIpc) is 2.82. The van der Waals surface area contributed by atoms with Gasteiger partial charge in [-0.3, -0.25) is 14.2 Å². The summed E-state index contributed by atoms with van der Waals surface area (Å²) in [5.41, 5.74) is 4.38. The molecular formula is C24H19ClN4O3S. The highest BCUT2D eigenvalue weighted by molar-refractivity contribution is 7.99. The molecule has 4 aromatic rings. The maximum atomic E-state index is 13.2. The van der Waals surface area contributed by atoms with Crippen molar-refractivity contribution in [2.24, 2.45) is 5.10 Å². The van der Waals surface area contributed by atoms with Crippen LogP contribution in [0.4, 0.5) is 0 Å². The van der Waals surface area contributed by atoms with Gasteiger partial charge in [0.1, 0.15) is 5.75 Å². The monoisotopic (exact) mass is 478 g/mol. The first kappa shape index (κ1) is 22.6. The fourth-order valence-electron chi connectivity index (χ4n) is 3.18. The summed E-state index contributed by atoms with van der Waals surface area (Å²) in [5.74, 6) is -0.315. The van der Waals surface area contributed by atoms with Crippen molar-refractivity contribution in [3.63, 3.8) is 0 Å². The van der Waals surface area contributed by atoms with Crippen LogP contribution in [0.3, 0.4) is 0 Å². The van der Waals surface area contributed by atoms with E-state index in [2.05, 4.69) is 15.5 Å². The SMILES string of the molecule is C/C(=N/NC(=O)CSc1nc2ccccc2c(=O)n1-c1ccc(Cl)cc1)c1ccccc1O. The Kier molecular flexibility index (Phi) is 6.76. The fraction of sp³-hybridized carbons (Fsp3) is 0.0833. The molecule has 166 valence electrons. The van der Waals surface area contributed by atoms with Crippen LogP contribution in [0, 0.1) is 0 Å². The lowest BCUT2D eigenvalue weighted by Crippen LogP contribution is -2.24. The number of hydrazone groups is 1. The van der Waals surface area contributed by atoms with Crippen molar-refractivity contribution in [3.05, 3.63) is 93.7 Å². The second kappa shape index (κ2) is 9.89. The van der Waals surface area contributed by atoms with E-state index in [9.17, 15) is 14.7 Å². The van der Waals surface area contributed by atoms with E-state index in [0.717, 1.165) is 11.8 Å². The lowest BCUT2D eigenvalue weighted by atomic mass is 10.1. The fourth-order valence-corrected chi connectivity index (χ4v) is 4.11. The Morgan fingerprint density at radius 1 is 1.09 bits per heavy atom. The zero-order valence-corrected chi connectivity index (χ0v) is 19.1. The molecule has 0 unspecified atom stereocenters. The Hall–Kier alpha value is -3.62. The predicted molar refractivity (Wildman–Crippen MR) is 132 cm³/mol. The minimum absolute atomic E-state index is 0.0179. The Morgan fingerprint density at radius 2 is 1.79 bits per heavy atom. The highest BCUT2D eigenvalue weighted by atomic mass is 35.5. The van der Waals surface area contributed by atoms with E-state index >= 15 is 0 Å². The summed E-state index contributed by atoms with van der Waals surface area (Å²) >= 11 is 7.12. The third-order valence-corrected chi connectivity index (χ3v) is 5.99. The molecule has 9 heteroatoms. The van der Waals surface area contributed by atoms with Crippen LogP contribution in [0.25, 0.3) is 16.6 Å². The van der Waals surface area contributed by atoms with Gasteiger partial charge in [-0.25, -0.2) is 10.4 Å². The van der Waals surface area contributed by atoms with E-state index in [1.54, 1.807) is 79.7 Å². The normalized spacial score (nSPS) is 11.5. The first-order chi connectivity index (χ1) is 15.9. The van der Waals surface area contributed by atoms with Crippen molar-refractivity contribution < 1.29 is 9.90 Å². The van der Waals surface area contributed by atoms with Gasteiger partial charge in [0.2, 0.25) is 0 Å². The number of nitrogens with one attached hydrogen (secondary N) is 1. The molecule has 33 heavy (non-hydrogen) atoms. The van der Waals surface area contributed by atoms with Crippen molar-refractivity contribution in [2.45, 2.75) is 12.1 Å². The van der Waals surface area contributed by atoms with Crippen molar-refractivity contribution in [3.8, 4) is 11.4 Å². The molecule has 0 saturated heterocycles. The highest BCUT2D eigenvalue weighted by Crippen LogP contribution is 2.22. The van der Waals surface area contributed by atoms with Crippen molar-refractivity contribution in [2.75, 3.05) is 5.75 Å². The third-order valence-electron chi connectivity index (χ3n) is 4.80. The number of carbonyl (C=O) groups is 1. The number of phenolic OH excluding ortho intramolecular Hbond substituents is 1. The van der Waals surface area contributed by atoms with Gasteiger partial charge in [-0.2, -0.15) is 5.10 Å². The van der Waals surface area contributed by atoms with Crippen molar-refractivity contribution in [1.29, 1.82) is 0 Å². The summed E-state index contributed by atoms with van der Waals surface area (Å²) in [5, 5.41) is 15.4. The van der Waals surface area contributed by atoms with Crippen LogP contribution in [0.1, 0.15) is 12.5 Å². The molecule has 0 aliphatic rings. The smallest absolute Gasteiger partial charge is 0.266 e. The molecule has 0 atom stereocenters. The second-order valence-electron chi connectivity index (χ2n) is 7.07. The van der Waals surface area contributed by atoms with Crippen molar-refractivity contribution in [1.82, 2.24) is 15.0 Å². The summed E-state index contributed by atoms with van der Waals surface area (Å²) in [7, 11) is 0. The first-order valence-electron chi connectivity index (χ1n) is 9.96. The molecule has 1 amide bonds. The highest BCUT2D eigenvalue weighted by Gasteiger charge is 2.15. The number of nitrogens with zero attached hydrogens (tertiary/aromatic N) is 3. The Labute approximate surface area is 198 Å². The zero-order valence-electron chi connectivity index (χ0n) is 17.5. The zero-order chi connectivity index (χ0) is 23.4. The topological polar surface area (TPSA) is 96.6 Å². The van der Waals surface area contributed by atoms with Gasteiger partial charge in [0, 0.05) is 10.6 Å². The van der Waals surface area contributed by atoms with Gasteiger partial charge >= 0.3 is 0 Å². The largest absolute Gasteiger partial charge is 0.507 e. The molecule has 0 fully saturated rings. The van der Waals surface area contributed by atoms with Gasteiger partial charge < -0.3 is 5.11 Å². The molecule has 0 radical (unpaired) electrons. The number of thioether (sulfide) groups is 1. The van der Waals surface area contributed by atoms with Crippen molar-refractivity contribution >= 4 is 45.9 Å². The minimum atomic E-state index is -0.375. The Bertz CT molecular complexity index is 1420.